The van der Waals surface area contributed by atoms with Crippen LogP contribution >= 0.6 is 0 Å². The smallest absolute Gasteiger partial charge is 0.317 e. The summed E-state index contributed by atoms with van der Waals surface area (Å²) in [4.78, 5) is 19.6. The molecule has 6 nitrogen and oxygen atoms in total. The third-order valence-electron chi connectivity index (χ3n) is 8.11. The van der Waals surface area contributed by atoms with Gasteiger partial charge in [-0.1, -0.05) is 13.0 Å². The number of benzene rings is 1. The summed E-state index contributed by atoms with van der Waals surface area (Å²) in [5.41, 5.74) is 2.59. The van der Waals surface area contributed by atoms with Crippen LogP contribution in [-0.2, 0) is 11.8 Å². The largest absolute Gasteiger partial charge is 0.508 e. The molecule has 2 amide bonds. The van der Waals surface area contributed by atoms with Gasteiger partial charge in [0.1, 0.15) is 5.75 Å². The van der Waals surface area contributed by atoms with Gasteiger partial charge in [-0.25, -0.2) is 4.79 Å². The number of aromatic hydroxyl groups is 1. The lowest BCUT2D eigenvalue weighted by atomic mass is 9.61. The summed E-state index contributed by atoms with van der Waals surface area (Å²) in [6, 6.07) is 6.97. The Morgan fingerprint density at radius 2 is 1.94 bits per heavy atom. The average molecular weight is 443 g/mol. The maximum absolute atomic E-state index is 12.5. The van der Waals surface area contributed by atoms with E-state index in [0.29, 0.717) is 23.8 Å². The van der Waals surface area contributed by atoms with Gasteiger partial charge < -0.3 is 25.1 Å². The monoisotopic (exact) mass is 442 g/mol. The molecule has 3 aliphatic rings. The molecule has 0 unspecified atom stereocenters. The van der Waals surface area contributed by atoms with Crippen LogP contribution in [0.2, 0.25) is 0 Å². The molecule has 2 heterocycles. The van der Waals surface area contributed by atoms with Gasteiger partial charge in [0.05, 0.1) is 0 Å². The number of fused-ring (bicyclic) bond motifs is 4. The Bertz CT molecular complexity index is 843. The molecule has 6 heteroatoms. The number of carbonyl (C=O) groups excluding carboxylic acids is 1. The number of nitrogens with one attached hydrogen (secondary N) is 1. The minimum Gasteiger partial charge on any atom is -0.508 e. The highest BCUT2D eigenvalue weighted by Gasteiger charge is 2.51. The molecular weight excluding hydrogens is 400 g/mol. The molecule has 2 aliphatic heterocycles. The summed E-state index contributed by atoms with van der Waals surface area (Å²) in [5.74, 6) is 0.989. The Hall–Kier alpha value is -1.79. The maximum Gasteiger partial charge on any atom is 0.317 e. The van der Waals surface area contributed by atoms with E-state index in [9.17, 15) is 9.90 Å². The van der Waals surface area contributed by atoms with Crippen molar-refractivity contribution in [1.29, 1.82) is 0 Å². The minimum atomic E-state index is -0.195. The van der Waals surface area contributed by atoms with Crippen molar-refractivity contribution in [3.8, 4) is 5.75 Å². The summed E-state index contributed by atoms with van der Waals surface area (Å²) in [7, 11) is 4.56. The number of hydrogen-bond donors (Lipinski definition) is 2. The number of piperidine rings is 2. The Morgan fingerprint density at radius 1 is 1.25 bits per heavy atom. The highest BCUT2D eigenvalue weighted by molar-refractivity contribution is 5.75. The van der Waals surface area contributed by atoms with E-state index in [4.69, 9.17) is 0 Å². The van der Waals surface area contributed by atoms with Gasteiger partial charge in [0.25, 0.3) is 0 Å². The second-order valence-electron chi connectivity index (χ2n) is 11.8. The fourth-order valence-corrected chi connectivity index (χ4v) is 6.47. The number of carbonyl (C=O) groups is 1. The molecule has 2 N–H and O–H groups in total. The molecule has 1 aliphatic carbocycles. The van der Waals surface area contributed by atoms with Crippen LogP contribution in [-0.4, -0.2) is 83.7 Å². The van der Waals surface area contributed by atoms with Crippen molar-refractivity contribution in [1.82, 2.24) is 20.0 Å². The number of phenolic OH excluding ortho intramolecular Hbond substituents is 1. The molecule has 2 fully saturated rings. The van der Waals surface area contributed by atoms with Crippen LogP contribution in [0, 0.1) is 5.92 Å². The van der Waals surface area contributed by atoms with Gasteiger partial charge in [-0.3, -0.25) is 0 Å². The fourth-order valence-electron chi connectivity index (χ4n) is 6.47. The normalized spacial score (nSPS) is 29.2. The van der Waals surface area contributed by atoms with Crippen LogP contribution in [0.15, 0.2) is 18.2 Å². The summed E-state index contributed by atoms with van der Waals surface area (Å²) < 4.78 is 0. The molecule has 2 bridgehead atoms. The third kappa shape index (κ3) is 4.49. The van der Waals surface area contributed by atoms with Crippen molar-refractivity contribution >= 4 is 6.03 Å². The molecule has 1 aromatic carbocycles. The summed E-state index contributed by atoms with van der Waals surface area (Å²) in [5, 5.41) is 13.3. The lowest BCUT2D eigenvalue weighted by Crippen LogP contribution is -2.66. The van der Waals surface area contributed by atoms with Crippen molar-refractivity contribution in [2.45, 2.75) is 76.4 Å². The predicted molar refractivity (Wildman–Crippen MR) is 129 cm³/mol. The molecule has 0 aromatic heterocycles. The molecule has 4 rings (SSSR count). The molecule has 178 valence electrons. The fraction of sp³-hybridized carbons (Fsp3) is 0.731. The predicted octanol–water partition coefficient (Wildman–Crippen LogP) is 3.43. The first-order valence-electron chi connectivity index (χ1n) is 12.3. The van der Waals surface area contributed by atoms with Crippen LogP contribution in [0.4, 0.5) is 4.79 Å². The Labute approximate surface area is 193 Å². The number of urea groups is 1. The van der Waals surface area contributed by atoms with Crippen molar-refractivity contribution in [3.05, 3.63) is 29.3 Å². The topological polar surface area (TPSA) is 59.1 Å². The molecule has 2 saturated heterocycles. The maximum atomic E-state index is 12.5. The van der Waals surface area contributed by atoms with E-state index in [0.717, 1.165) is 51.9 Å². The van der Waals surface area contributed by atoms with Gasteiger partial charge in [0.15, 0.2) is 0 Å². The van der Waals surface area contributed by atoms with Gasteiger partial charge in [0, 0.05) is 42.7 Å². The zero-order chi connectivity index (χ0) is 23.3. The number of nitrogens with zero attached hydrogens (tertiary/aromatic N) is 3. The SMILES string of the molecule is CN1CC[C@]2(C)c3cc(O)ccc3C[C@@H]1[C@@H]2N(C)CC1CCN(C(=O)NC(C)(C)C)CC1. The molecule has 0 saturated carbocycles. The Morgan fingerprint density at radius 3 is 2.59 bits per heavy atom. The van der Waals surface area contributed by atoms with Crippen LogP contribution < -0.4 is 5.32 Å². The first-order valence-corrected chi connectivity index (χ1v) is 12.3. The van der Waals surface area contributed by atoms with Gasteiger partial charge in [-0.2, -0.15) is 0 Å². The van der Waals surface area contributed by atoms with Gasteiger partial charge in [-0.05, 0) is 96.3 Å². The molecule has 3 atom stereocenters. The number of phenols is 1. The minimum absolute atomic E-state index is 0.0472. The van der Waals surface area contributed by atoms with Crippen LogP contribution in [0.1, 0.15) is 58.1 Å². The zero-order valence-electron chi connectivity index (χ0n) is 20.8. The van der Waals surface area contributed by atoms with Crippen LogP contribution in [0.5, 0.6) is 5.75 Å². The quantitative estimate of drug-likeness (QED) is 0.753. The average Bonchev–Trinajstić information content (AvgIpc) is 2.71. The van der Waals surface area contributed by atoms with E-state index in [1.807, 2.05) is 37.8 Å². The number of amides is 2. The number of hydrogen-bond acceptors (Lipinski definition) is 4. The first kappa shape index (κ1) is 23.4. The molecule has 0 radical (unpaired) electrons. The second-order valence-corrected chi connectivity index (χ2v) is 11.8. The van der Waals surface area contributed by atoms with E-state index < -0.39 is 0 Å². The molecule has 1 aromatic rings. The van der Waals surface area contributed by atoms with Crippen molar-refractivity contribution < 1.29 is 9.90 Å². The highest BCUT2D eigenvalue weighted by Crippen LogP contribution is 2.47. The number of rotatable bonds is 3. The van der Waals surface area contributed by atoms with Gasteiger partial charge in [-0.15, -0.1) is 0 Å². The van der Waals surface area contributed by atoms with E-state index in [-0.39, 0.29) is 17.0 Å². The number of likely N-dealkylation sites (N-methyl/N-ethyl adjacent to an activating group) is 2. The van der Waals surface area contributed by atoms with Gasteiger partial charge in [0.2, 0.25) is 0 Å². The van der Waals surface area contributed by atoms with E-state index in [1.165, 1.54) is 11.1 Å². The van der Waals surface area contributed by atoms with Crippen molar-refractivity contribution in [2.24, 2.45) is 5.92 Å². The van der Waals surface area contributed by atoms with Crippen LogP contribution in [0.3, 0.4) is 0 Å². The number of likely N-dealkylation sites (tertiary alicyclic amines) is 2. The van der Waals surface area contributed by atoms with Crippen LogP contribution in [0.25, 0.3) is 0 Å². The van der Waals surface area contributed by atoms with E-state index in [1.54, 1.807) is 0 Å². The standard InChI is InChI=1S/C26H42N4O2/c1-25(2,3)27-24(32)30-12-9-18(10-13-30)17-29(6)23-22-15-19-7-8-20(31)16-21(19)26(23,4)11-14-28(22)5/h7-8,16,18,22-23,31H,9-15,17H2,1-6H3,(H,27,32)/t22-,23+,26-/m1/s1. The Balaban J connectivity index is 1.44. The summed E-state index contributed by atoms with van der Waals surface area (Å²) in [6.45, 7) is 12.3. The lowest BCUT2D eigenvalue weighted by molar-refractivity contribution is -0.00677. The third-order valence-corrected chi connectivity index (χ3v) is 8.11. The molecule has 0 spiro atoms. The van der Waals surface area contributed by atoms with Crippen molar-refractivity contribution in [3.63, 3.8) is 0 Å². The zero-order valence-corrected chi connectivity index (χ0v) is 20.8. The lowest BCUT2D eigenvalue weighted by Gasteiger charge is -2.58. The molecule has 32 heavy (non-hydrogen) atoms. The van der Waals surface area contributed by atoms with E-state index in [2.05, 4.69) is 42.2 Å². The Kier molecular flexibility index (Phi) is 6.23. The van der Waals surface area contributed by atoms with E-state index >= 15 is 0 Å². The van der Waals surface area contributed by atoms with Gasteiger partial charge >= 0.3 is 6.03 Å². The summed E-state index contributed by atoms with van der Waals surface area (Å²) >= 11 is 0. The molecular formula is C26H42N4O2. The van der Waals surface area contributed by atoms with Crippen molar-refractivity contribution in [2.75, 3.05) is 40.3 Å². The summed E-state index contributed by atoms with van der Waals surface area (Å²) in [6.07, 6.45) is 4.27. The highest BCUT2D eigenvalue weighted by atomic mass is 16.3. The second kappa shape index (κ2) is 8.53. The first-order chi connectivity index (χ1) is 15.0.